The molecule has 3 heteroatoms. The molecule has 0 N–H and O–H groups in total. The molecule has 1 amide bonds. The fraction of sp³-hybridized carbons (Fsp3) is 0.588. The highest BCUT2D eigenvalue weighted by Gasteiger charge is 2.22. The minimum atomic E-state index is 0.139. The number of nitrogens with zero attached hydrogens (tertiary/aromatic N) is 1. The van der Waals surface area contributed by atoms with Crippen molar-refractivity contribution in [1.29, 1.82) is 0 Å². The van der Waals surface area contributed by atoms with Gasteiger partial charge in [0, 0.05) is 22.9 Å². The van der Waals surface area contributed by atoms with E-state index >= 15 is 0 Å². The first-order valence-corrected chi connectivity index (χ1v) is 8.59. The second kappa shape index (κ2) is 6.66. The molecule has 0 saturated carbocycles. The van der Waals surface area contributed by atoms with Crippen LogP contribution in [0.1, 0.15) is 61.7 Å². The molecule has 1 aromatic carbocycles. The first-order chi connectivity index (χ1) is 9.50. The van der Waals surface area contributed by atoms with E-state index in [1.807, 2.05) is 28.8 Å². The molecule has 1 aromatic rings. The normalized spacial score (nSPS) is 18.8. The number of rotatable bonds is 4. The van der Waals surface area contributed by atoms with Crippen molar-refractivity contribution in [1.82, 2.24) is 4.90 Å². The summed E-state index contributed by atoms with van der Waals surface area (Å²) in [5.41, 5.74) is 2.17. The topological polar surface area (TPSA) is 20.3 Å². The van der Waals surface area contributed by atoms with Crippen LogP contribution in [0.25, 0.3) is 0 Å². The van der Waals surface area contributed by atoms with E-state index in [0.29, 0.717) is 5.25 Å². The van der Waals surface area contributed by atoms with Crippen LogP contribution in [-0.4, -0.2) is 28.6 Å². The van der Waals surface area contributed by atoms with Crippen molar-refractivity contribution in [2.45, 2.75) is 57.9 Å². The highest BCUT2D eigenvalue weighted by atomic mass is 32.2. The van der Waals surface area contributed by atoms with Crippen molar-refractivity contribution in [3.63, 3.8) is 0 Å². The molecule has 1 aliphatic rings. The zero-order valence-corrected chi connectivity index (χ0v) is 13.7. The van der Waals surface area contributed by atoms with Crippen LogP contribution in [0.3, 0.4) is 0 Å². The summed E-state index contributed by atoms with van der Waals surface area (Å²) in [6.45, 7) is 8.28. The Labute approximate surface area is 126 Å². The van der Waals surface area contributed by atoms with Gasteiger partial charge in [-0.2, -0.15) is 11.8 Å². The van der Waals surface area contributed by atoms with Crippen LogP contribution in [0.2, 0.25) is 0 Å². The molecule has 1 fully saturated rings. The highest BCUT2D eigenvalue weighted by Crippen LogP contribution is 2.39. The quantitative estimate of drug-likeness (QED) is 0.813. The monoisotopic (exact) mass is 291 g/mol. The SMILES string of the molecule is CC(C)N(C(=O)c1ccc([C@@H]2CCCS2)cc1)C(C)C. The average Bonchev–Trinajstić information content (AvgIpc) is 2.91. The van der Waals surface area contributed by atoms with Crippen LogP contribution < -0.4 is 0 Å². The fourth-order valence-electron chi connectivity index (χ4n) is 2.90. The van der Waals surface area contributed by atoms with Gasteiger partial charge in [-0.1, -0.05) is 12.1 Å². The average molecular weight is 291 g/mol. The Kier molecular flexibility index (Phi) is 5.14. The Balaban J connectivity index is 2.14. The van der Waals surface area contributed by atoms with E-state index in [9.17, 15) is 4.79 Å². The van der Waals surface area contributed by atoms with Crippen LogP contribution in [0.15, 0.2) is 24.3 Å². The maximum absolute atomic E-state index is 12.6. The molecule has 0 spiro atoms. The van der Waals surface area contributed by atoms with Crippen LogP contribution in [-0.2, 0) is 0 Å². The molecule has 0 unspecified atom stereocenters. The van der Waals surface area contributed by atoms with Gasteiger partial charge in [0.05, 0.1) is 0 Å². The Morgan fingerprint density at radius 1 is 1.15 bits per heavy atom. The third-order valence-electron chi connectivity index (χ3n) is 3.81. The van der Waals surface area contributed by atoms with Gasteiger partial charge < -0.3 is 4.90 Å². The minimum absolute atomic E-state index is 0.139. The Morgan fingerprint density at radius 2 is 1.75 bits per heavy atom. The number of hydrogen-bond donors (Lipinski definition) is 0. The second-order valence-electron chi connectivity index (χ2n) is 6.02. The van der Waals surface area contributed by atoms with Crippen molar-refractivity contribution in [2.24, 2.45) is 0 Å². The molecular weight excluding hydrogens is 266 g/mol. The molecule has 20 heavy (non-hydrogen) atoms. The molecule has 2 nitrogen and oxygen atoms in total. The zero-order chi connectivity index (χ0) is 14.7. The largest absolute Gasteiger partial charge is 0.334 e. The van der Waals surface area contributed by atoms with Crippen molar-refractivity contribution in [3.8, 4) is 0 Å². The lowest BCUT2D eigenvalue weighted by molar-refractivity contribution is 0.0643. The summed E-state index contributed by atoms with van der Waals surface area (Å²) in [7, 11) is 0. The van der Waals surface area contributed by atoms with Crippen LogP contribution in [0, 0.1) is 0 Å². The smallest absolute Gasteiger partial charge is 0.254 e. The Morgan fingerprint density at radius 3 is 2.20 bits per heavy atom. The molecule has 1 heterocycles. The van der Waals surface area contributed by atoms with E-state index in [4.69, 9.17) is 0 Å². The van der Waals surface area contributed by atoms with Crippen LogP contribution in [0.5, 0.6) is 0 Å². The molecule has 0 radical (unpaired) electrons. The van der Waals surface area contributed by atoms with Crippen molar-refractivity contribution in [2.75, 3.05) is 5.75 Å². The molecule has 110 valence electrons. The van der Waals surface area contributed by atoms with Gasteiger partial charge in [0.15, 0.2) is 0 Å². The van der Waals surface area contributed by atoms with Gasteiger partial charge in [0.1, 0.15) is 0 Å². The van der Waals surface area contributed by atoms with Crippen molar-refractivity contribution < 1.29 is 4.79 Å². The number of thioether (sulfide) groups is 1. The number of amides is 1. The van der Waals surface area contributed by atoms with Gasteiger partial charge in [-0.05, 0) is 64.0 Å². The molecule has 0 bridgehead atoms. The highest BCUT2D eigenvalue weighted by molar-refractivity contribution is 7.99. The predicted octanol–water partition coefficient (Wildman–Crippen LogP) is 4.51. The number of carbonyl (C=O) groups is 1. The summed E-state index contributed by atoms with van der Waals surface area (Å²) in [4.78, 5) is 14.5. The van der Waals surface area contributed by atoms with Crippen LogP contribution in [0.4, 0.5) is 0 Å². The molecule has 0 aliphatic carbocycles. The lowest BCUT2D eigenvalue weighted by Gasteiger charge is -2.31. The van der Waals surface area contributed by atoms with E-state index in [1.165, 1.54) is 24.2 Å². The lowest BCUT2D eigenvalue weighted by atomic mass is 10.0. The van der Waals surface area contributed by atoms with E-state index < -0.39 is 0 Å². The maximum atomic E-state index is 12.6. The molecule has 1 atom stereocenters. The van der Waals surface area contributed by atoms with Gasteiger partial charge in [0.25, 0.3) is 5.91 Å². The first kappa shape index (κ1) is 15.4. The summed E-state index contributed by atoms with van der Waals surface area (Å²) in [6, 6.07) is 8.72. The Hall–Kier alpha value is -0.960. The summed E-state index contributed by atoms with van der Waals surface area (Å²) in [5, 5.41) is 0.630. The van der Waals surface area contributed by atoms with E-state index in [-0.39, 0.29) is 18.0 Å². The van der Waals surface area contributed by atoms with E-state index in [2.05, 4.69) is 39.8 Å². The van der Waals surface area contributed by atoms with Crippen molar-refractivity contribution in [3.05, 3.63) is 35.4 Å². The van der Waals surface area contributed by atoms with E-state index in [0.717, 1.165) is 5.56 Å². The zero-order valence-electron chi connectivity index (χ0n) is 12.9. The van der Waals surface area contributed by atoms with Crippen LogP contribution >= 0.6 is 11.8 Å². The van der Waals surface area contributed by atoms with E-state index in [1.54, 1.807) is 0 Å². The summed E-state index contributed by atoms with van der Waals surface area (Å²) in [6.07, 6.45) is 2.58. The summed E-state index contributed by atoms with van der Waals surface area (Å²) >= 11 is 2.03. The van der Waals surface area contributed by atoms with Crippen molar-refractivity contribution >= 4 is 17.7 Å². The number of hydrogen-bond acceptors (Lipinski definition) is 2. The first-order valence-electron chi connectivity index (χ1n) is 7.55. The fourth-order valence-corrected chi connectivity index (χ4v) is 4.20. The Bertz CT molecular complexity index is 439. The standard InChI is InChI=1S/C17H25NOS/c1-12(2)18(13(3)4)17(19)15-9-7-14(8-10-15)16-6-5-11-20-16/h7-10,12-13,16H,5-6,11H2,1-4H3/t16-/m0/s1. The third kappa shape index (κ3) is 3.38. The maximum Gasteiger partial charge on any atom is 0.254 e. The van der Waals surface area contributed by atoms with Gasteiger partial charge >= 0.3 is 0 Å². The lowest BCUT2D eigenvalue weighted by Crippen LogP contribution is -2.42. The third-order valence-corrected chi connectivity index (χ3v) is 5.24. The molecular formula is C17H25NOS. The van der Waals surface area contributed by atoms with Gasteiger partial charge in [-0.25, -0.2) is 0 Å². The summed E-state index contributed by atoms with van der Waals surface area (Å²) < 4.78 is 0. The molecule has 1 saturated heterocycles. The van der Waals surface area contributed by atoms with Gasteiger partial charge in [-0.15, -0.1) is 0 Å². The minimum Gasteiger partial charge on any atom is -0.334 e. The number of carbonyl (C=O) groups excluding carboxylic acids is 1. The second-order valence-corrected chi connectivity index (χ2v) is 7.33. The summed E-state index contributed by atoms with van der Waals surface area (Å²) in [5.74, 6) is 1.40. The molecule has 0 aromatic heterocycles. The van der Waals surface area contributed by atoms with Gasteiger partial charge in [-0.3, -0.25) is 4.79 Å². The number of benzene rings is 1. The molecule has 2 rings (SSSR count). The predicted molar refractivity (Wildman–Crippen MR) is 87.3 cm³/mol. The molecule has 1 aliphatic heterocycles. The van der Waals surface area contributed by atoms with Gasteiger partial charge in [0.2, 0.25) is 0 Å².